The molecule has 0 fully saturated rings. The molecule has 1 amide bonds. The van der Waals surface area contributed by atoms with Gasteiger partial charge in [-0.2, -0.15) is 0 Å². The standard InChI is InChI=1S/C12H27N3O2/c1-5-14-12(2,11(13)16)7-6-8-15(3)9-10-17-4/h14H,5-10H2,1-4H3,(H2,13,16). The Bertz CT molecular complexity index is 224. The van der Waals surface area contributed by atoms with Crippen molar-refractivity contribution < 1.29 is 9.53 Å². The van der Waals surface area contributed by atoms with Crippen molar-refractivity contribution in [3.63, 3.8) is 0 Å². The highest BCUT2D eigenvalue weighted by Crippen LogP contribution is 2.12. The van der Waals surface area contributed by atoms with Crippen LogP contribution in [0.25, 0.3) is 0 Å². The van der Waals surface area contributed by atoms with Crippen LogP contribution < -0.4 is 11.1 Å². The van der Waals surface area contributed by atoms with Gasteiger partial charge in [0.1, 0.15) is 0 Å². The molecule has 102 valence electrons. The summed E-state index contributed by atoms with van der Waals surface area (Å²) in [7, 11) is 3.75. The number of hydrogen-bond acceptors (Lipinski definition) is 4. The molecule has 3 N–H and O–H groups in total. The number of amides is 1. The minimum Gasteiger partial charge on any atom is -0.383 e. The summed E-state index contributed by atoms with van der Waals surface area (Å²) >= 11 is 0. The molecule has 0 aliphatic heterocycles. The van der Waals surface area contributed by atoms with E-state index in [0.29, 0.717) is 0 Å². The molecule has 1 atom stereocenters. The van der Waals surface area contributed by atoms with Crippen LogP contribution in [0, 0.1) is 0 Å². The topological polar surface area (TPSA) is 67.6 Å². The average molecular weight is 245 g/mol. The predicted molar refractivity (Wildman–Crippen MR) is 69.9 cm³/mol. The van der Waals surface area contributed by atoms with E-state index in [1.165, 1.54) is 0 Å². The number of methoxy groups -OCH3 is 1. The lowest BCUT2D eigenvalue weighted by molar-refractivity contribution is -0.124. The number of primary amides is 1. The second kappa shape index (κ2) is 8.44. The molecule has 17 heavy (non-hydrogen) atoms. The van der Waals surface area contributed by atoms with Crippen molar-refractivity contribution in [2.75, 3.05) is 40.4 Å². The quantitative estimate of drug-likeness (QED) is 0.577. The van der Waals surface area contributed by atoms with Gasteiger partial charge in [-0.05, 0) is 39.9 Å². The van der Waals surface area contributed by atoms with Gasteiger partial charge < -0.3 is 20.7 Å². The number of nitrogens with two attached hydrogens (primary N) is 1. The van der Waals surface area contributed by atoms with Gasteiger partial charge in [-0.3, -0.25) is 4.79 Å². The maximum Gasteiger partial charge on any atom is 0.237 e. The van der Waals surface area contributed by atoms with Gasteiger partial charge in [0, 0.05) is 13.7 Å². The lowest BCUT2D eigenvalue weighted by atomic mass is 9.95. The fraction of sp³-hybridized carbons (Fsp3) is 0.917. The lowest BCUT2D eigenvalue weighted by Crippen LogP contribution is -2.53. The van der Waals surface area contributed by atoms with Crippen LogP contribution in [0.1, 0.15) is 26.7 Å². The molecule has 0 rings (SSSR count). The summed E-state index contributed by atoms with van der Waals surface area (Å²) in [5.74, 6) is -0.279. The van der Waals surface area contributed by atoms with Gasteiger partial charge in [-0.25, -0.2) is 0 Å². The van der Waals surface area contributed by atoms with E-state index in [0.717, 1.165) is 39.1 Å². The SMILES string of the molecule is CCNC(C)(CCCN(C)CCOC)C(N)=O. The number of nitrogens with zero attached hydrogens (tertiary/aromatic N) is 1. The van der Waals surface area contributed by atoms with Crippen LogP contribution in [0.15, 0.2) is 0 Å². The summed E-state index contributed by atoms with van der Waals surface area (Å²) in [6.07, 6.45) is 1.69. The number of carbonyl (C=O) groups is 1. The Hall–Kier alpha value is -0.650. The molecule has 0 aromatic rings. The first kappa shape index (κ1) is 16.4. The van der Waals surface area contributed by atoms with Crippen LogP contribution in [0.4, 0.5) is 0 Å². The number of rotatable bonds is 10. The summed E-state index contributed by atoms with van der Waals surface area (Å²) in [5.41, 5.74) is 4.83. The van der Waals surface area contributed by atoms with Crippen LogP contribution in [-0.2, 0) is 9.53 Å². The maximum atomic E-state index is 11.4. The van der Waals surface area contributed by atoms with E-state index < -0.39 is 5.54 Å². The number of hydrogen-bond donors (Lipinski definition) is 2. The fourth-order valence-electron chi connectivity index (χ4n) is 1.75. The highest BCUT2D eigenvalue weighted by molar-refractivity contribution is 5.84. The van der Waals surface area contributed by atoms with Crippen molar-refractivity contribution >= 4 is 5.91 Å². The third kappa shape index (κ3) is 6.61. The second-order valence-corrected chi connectivity index (χ2v) is 4.63. The zero-order valence-electron chi connectivity index (χ0n) is 11.6. The second-order valence-electron chi connectivity index (χ2n) is 4.63. The van der Waals surface area contributed by atoms with Crippen LogP contribution >= 0.6 is 0 Å². The summed E-state index contributed by atoms with van der Waals surface area (Å²) in [6.45, 7) is 7.18. The number of carbonyl (C=O) groups excluding carboxylic acids is 1. The van der Waals surface area contributed by atoms with Gasteiger partial charge in [0.05, 0.1) is 12.1 Å². The normalized spacial score (nSPS) is 14.9. The molecule has 0 heterocycles. The smallest absolute Gasteiger partial charge is 0.237 e. The first-order chi connectivity index (χ1) is 7.96. The Balaban J connectivity index is 3.94. The first-order valence-corrected chi connectivity index (χ1v) is 6.18. The molecule has 5 heteroatoms. The molecule has 0 aliphatic rings. The van der Waals surface area contributed by atoms with Crippen LogP contribution in [-0.4, -0.2) is 56.7 Å². The van der Waals surface area contributed by atoms with E-state index in [1.807, 2.05) is 20.9 Å². The van der Waals surface area contributed by atoms with E-state index in [2.05, 4.69) is 10.2 Å². The van der Waals surface area contributed by atoms with Crippen molar-refractivity contribution in [3.05, 3.63) is 0 Å². The molecule has 0 aromatic heterocycles. The molecular formula is C12H27N3O2. The summed E-state index contributed by atoms with van der Waals surface area (Å²) < 4.78 is 5.01. The minimum atomic E-state index is -0.586. The molecule has 0 saturated heterocycles. The van der Waals surface area contributed by atoms with Gasteiger partial charge in [-0.15, -0.1) is 0 Å². The largest absolute Gasteiger partial charge is 0.383 e. The molecule has 0 radical (unpaired) electrons. The average Bonchev–Trinajstić information content (AvgIpc) is 2.26. The third-order valence-corrected chi connectivity index (χ3v) is 3.00. The van der Waals surface area contributed by atoms with E-state index in [4.69, 9.17) is 10.5 Å². The molecule has 5 nitrogen and oxygen atoms in total. The molecule has 0 aliphatic carbocycles. The number of nitrogens with one attached hydrogen (secondary N) is 1. The van der Waals surface area contributed by atoms with Gasteiger partial charge in [-0.1, -0.05) is 6.92 Å². The van der Waals surface area contributed by atoms with E-state index >= 15 is 0 Å². The summed E-state index contributed by atoms with van der Waals surface area (Å²) in [5, 5.41) is 3.16. The molecular weight excluding hydrogens is 218 g/mol. The van der Waals surface area contributed by atoms with Crippen LogP contribution in [0.3, 0.4) is 0 Å². The van der Waals surface area contributed by atoms with Crippen molar-refractivity contribution in [2.24, 2.45) is 5.73 Å². The fourth-order valence-corrected chi connectivity index (χ4v) is 1.75. The van der Waals surface area contributed by atoms with Gasteiger partial charge in [0.2, 0.25) is 5.91 Å². The lowest BCUT2D eigenvalue weighted by Gasteiger charge is -2.28. The Morgan fingerprint density at radius 1 is 1.47 bits per heavy atom. The highest BCUT2D eigenvalue weighted by Gasteiger charge is 2.28. The summed E-state index contributed by atoms with van der Waals surface area (Å²) in [6, 6.07) is 0. The zero-order valence-corrected chi connectivity index (χ0v) is 11.6. The minimum absolute atomic E-state index is 0.279. The van der Waals surface area contributed by atoms with Crippen molar-refractivity contribution in [1.29, 1.82) is 0 Å². The molecule has 0 spiro atoms. The van der Waals surface area contributed by atoms with Gasteiger partial charge >= 0.3 is 0 Å². The molecule has 0 saturated carbocycles. The predicted octanol–water partition coefficient (Wildman–Crippen LogP) is 0.198. The zero-order chi connectivity index (χ0) is 13.3. The van der Waals surface area contributed by atoms with Crippen LogP contribution in [0.2, 0.25) is 0 Å². The Labute approximate surface area is 105 Å². The number of ether oxygens (including phenoxy) is 1. The Kier molecular flexibility index (Phi) is 8.12. The molecule has 0 aromatic carbocycles. The summed E-state index contributed by atoms with van der Waals surface area (Å²) in [4.78, 5) is 13.6. The maximum absolute atomic E-state index is 11.4. The monoisotopic (exact) mass is 245 g/mol. The number of likely N-dealkylation sites (N-methyl/N-ethyl adjacent to an activating group) is 2. The Morgan fingerprint density at radius 2 is 2.12 bits per heavy atom. The van der Waals surface area contributed by atoms with E-state index in [1.54, 1.807) is 7.11 Å². The van der Waals surface area contributed by atoms with Crippen LogP contribution in [0.5, 0.6) is 0 Å². The van der Waals surface area contributed by atoms with Crippen molar-refractivity contribution in [2.45, 2.75) is 32.2 Å². The van der Waals surface area contributed by atoms with E-state index in [-0.39, 0.29) is 5.91 Å². The van der Waals surface area contributed by atoms with Gasteiger partial charge in [0.15, 0.2) is 0 Å². The molecule has 0 bridgehead atoms. The van der Waals surface area contributed by atoms with Gasteiger partial charge in [0.25, 0.3) is 0 Å². The first-order valence-electron chi connectivity index (χ1n) is 6.18. The van der Waals surface area contributed by atoms with E-state index in [9.17, 15) is 4.79 Å². The third-order valence-electron chi connectivity index (χ3n) is 3.00. The molecule has 1 unspecified atom stereocenters. The Morgan fingerprint density at radius 3 is 2.59 bits per heavy atom. The van der Waals surface area contributed by atoms with Crippen molar-refractivity contribution in [1.82, 2.24) is 10.2 Å². The highest BCUT2D eigenvalue weighted by atomic mass is 16.5. The van der Waals surface area contributed by atoms with Crippen molar-refractivity contribution in [3.8, 4) is 0 Å².